The highest BCUT2D eigenvalue weighted by Gasteiger charge is 2.26. The highest BCUT2D eigenvalue weighted by molar-refractivity contribution is 5.68. The molecule has 0 spiro atoms. The number of hydrogen-bond acceptors (Lipinski definition) is 3. The largest absolute Gasteiger partial charge is 0.444 e. The lowest BCUT2D eigenvalue weighted by molar-refractivity contribution is 0.0472. The van der Waals surface area contributed by atoms with Crippen molar-refractivity contribution in [2.45, 2.75) is 83.8 Å². The molecule has 0 radical (unpaired) electrons. The Morgan fingerprint density at radius 2 is 2.08 bits per heavy atom. The fraction of sp³-hybridized carbons (Fsp3) is 0.700. The van der Waals surface area contributed by atoms with Crippen LogP contribution in [0, 0.1) is 5.92 Å². The quantitative estimate of drug-likeness (QED) is 0.808. The lowest BCUT2D eigenvalue weighted by atomic mass is 9.82. The fourth-order valence-corrected chi connectivity index (χ4v) is 3.49. The highest BCUT2D eigenvalue weighted by Crippen LogP contribution is 2.29. The highest BCUT2D eigenvalue weighted by atomic mass is 16.6. The monoisotopic (exact) mass is 332 g/mol. The van der Waals surface area contributed by atoms with Crippen LogP contribution < -0.4 is 5.32 Å². The zero-order chi connectivity index (χ0) is 17.4. The van der Waals surface area contributed by atoms with Gasteiger partial charge in [0.2, 0.25) is 0 Å². The van der Waals surface area contributed by atoms with Crippen LogP contribution in [-0.4, -0.2) is 22.7 Å². The molecule has 1 aromatic heterocycles. The molecule has 0 aliphatic heterocycles. The Morgan fingerprint density at radius 3 is 2.71 bits per heavy atom. The first-order valence-corrected chi connectivity index (χ1v) is 9.32. The van der Waals surface area contributed by atoms with E-state index in [9.17, 15) is 4.79 Å². The van der Waals surface area contributed by atoms with Crippen LogP contribution in [0.5, 0.6) is 0 Å². The summed E-state index contributed by atoms with van der Waals surface area (Å²) in [7, 11) is 0. The van der Waals surface area contributed by atoms with Gasteiger partial charge in [-0.05, 0) is 70.4 Å². The summed E-state index contributed by atoms with van der Waals surface area (Å²) in [4.78, 5) is 16.4. The SMILES string of the molecule is CC(C)(C)OC(=O)NC(CCCc1cccnc1)C1CCCCC1. The summed E-state index contributed by atoms with van der Waals surface area (Å²) in [6, 6.07) is 4.31. The van der Waals surface area contributed by atoms with E-state index in [-0.39, 0.29) is 12.1 Å². The van der Waals surface area contributed by atoms with Gasteiger partial charge in [0.1, 0.15) is 5.60 Å². The Balaban J connectivity index is 1.88. The molecule has 1 heterocycles. The first kappa shape index (κ1) is 18.8. The molecular formula is C20H32N2O2. The van der Waals surface area contributed by atoms with Crippen LogP contribution in [0.1, 0.15) is 71.3 Å². The van der Waals surface area contributed by atoms with Crippen molar-refractivity contribution in [1.29, 1.82) is 0 Å². The summed E-state index contributed by atoms with van der Waals surface area (Å²) in [5, 5.41) is 3.15. The predicted molar refractivity (Wildman–Crippen MR) is 96.9 cm³/mol. The maximum Gasteiger partial charge on any atom is 0.407 e. The van der Waals surface area contributed by atoms with E-state index in [1.54, 1.807) is 6.20 Å². The van der Waals surface area contributed by atoms with Gasteiger partial charge in [0.15, 0.2) is 0 Å². The van der Waals surface area contributed by atoms with Gasteiger partial charge < -0.3 is 10.1 Å². The molecule has 0 bridgehead atoms. The van der Waals surface area contributed by atoms with Gasteiger partial charge in [-0.25, -0.2) is 4.79 Å². The molecule has 0 saturated heterocycles. The van der Waals surface area contributed by atoms with Crippen molar-refractivity contribution in [3.8, 4) is 0 Å². The molecule has 1 amide bonds. The van der Waals surface area contributed by atoms with E-state index in [1.807, 2.05) is 33.0 Å². The number of nitrogens with zero attached hydrogens (tertiary/aromatic N) is 1. The minimum Gasteiger partial charge on any atom is -0.444 e. The summed E-state index contributed by atoms with van der Waals surface area (Å²) in [6.45, 7) is 5.72. The summed E-state index contributed by atoms with van der Waals surface area (Å²) in [6.07, 6.45) is 12.8. The van der Waals surface area contributed by atoms with Gasteiger partial charge >= 0.3 is 6.09 Å². The average molecular weight is 332 g/mol. The zero-order valence-electron chi connectivity index (χ0n) is 15.4. The number of ether oxygens (including phenoxy) is 1. The molecule has 1 aliphatic carbocycles. The van der Waals surface area contributed by atoms with Crippen LogP contribution >= 0.6 is 0 Å². The topological polar surface area (TPSA) is 51.2 Å². The number of alkyl carbamates (subject to hydrolysis) is 1. The second-order valence-corrected chi connectivity index (χ2v) is 7.90. The summed E-state index contributed by atoms with van der Waals surface area (Å²) >= 11 is 0. The van der Waals surface area contributed by atoms with Gasteiger partial charge in [0, 0.05) is 18.4 Å². The van der Waals surface area contributed by atoms with Crippen molar-refractivity contribution < 1.29 is 9.53 Å². The molecule has 1 fully saturated rings. The predicted octanol–water partition coefficient (Wildman–Crippen LogP) is 4.88. The molecule has 2 rings (SSSR count). The molecule has 4 heteroatoms. The van der Waals surface area contributed by atoms with Crippen LogP contribution in [0.15, 0.2) is 24.5 Å². The van der Waals surface area contributed by atoms with Gasteiger partial charge in [-0.15, -0.1) is 0 Å². The smallest absolute Gasteiger partial charge is 0.407 e. The van der Waals surface area contributed by atoms with E-state index < -0.39 is 5.60 Å². The first-order chi connectivity index (χ1) is 11.4. The van der Waals surface area contributed by atoms with Crippen LogP contribution in [0.3, 0.4) is 0 Å². The van der Waals surface area contributed by atoms with Gasteiger partial charge in [-0.2, -0.15) is 0 Å². The third kappa shape index (κ3) is 6.90. The van der Waals surface area contributed by atoms with E-state index in [0.717, 1.165) is 19.3 Å². The molecule has 134 valence electrons. The number of pyridine rings is 1. The lowest BCUT2D eigenvalue weighted by Gasteiger charge is -2.32. The molecule has 1 aliphatic rings. The molecule has 1 saturated carbocycles. The molecule has 1 atom stereocenters. The minimum atomic E-state index is -0.448. The number of aryl methyl sites for hydroxylation is 1. The normalized spacial score (nSPS) is 17.3. The average Bonchev–Trinajstić information content (AvgIpc) is 2.54. The van der Waals surface area contributed by atoms with Gasteiger partial charge in [0.25, 0.3) is 0 Å². The summed E-state index contributed by atoms with van der Waals surface area (Å²) < 4.78 is 5.46. The number of rotatable bonds is 6. The molecule has 1 N–H and O–H groups in total. The van der Waals surface area contributed by atoms with Gasteiger partial charge in [-0.1, -0.05) is 25.3 Å². The molecule has 24 heavy (non-hydrogen) atoms. The second kappa shape index (κ2) is 9.05. The van der Waals surface area contributed by atoms with Crippen molar-refractivity contribution in [3.05, 3.63) is 30.1 Å². The number of nitrogens with one attached hydrogen (secondary N) is 1. The van der Waals surface area contributed by atoms with Crippen molar-refractivity contribution in [2.24, 2.45) is 5.92 Å². The van der Waals surface area contributed by atoms with E-state index in [0.29, 0.717) is 5.92 Å². The summed E-state index contributed by atoms with van der Waals surface area (Å²) in [5.41, 5.74) is 0.814. The van der Waals surface area contributed by atoms with Crippen LogP contribution in [-0.2, 0) is 11.2 Å². The molecule has 1 aromatic rings. The third-order valence-electron chi connectivity index (χ3n) is 4.62. The molecule has 0 aromatic carbocycles. The van der Waals surface area contributed by atoms with Crippen molar-refractivity contribution in [2.75, 3.05) is 0 Å². The molecular weight excluding hydrogens is 300 g/mol. The number of carbonyl (C=O) groups excluding carboxylic acids is 1. The van der Waals surface area contributed by atoms with Gasteiger partial charge in [-0.3, -0.25) is 4.98 Å². The van der Waals surface area contributed by atoms with E-state index in [2.05, 4.69) is 16.4 Å². The van der Waals surface area contributed by atoms with Crippen LogP contribution in [0.2, 0.25) is 0 Å². The third-order valence-corrected chi connectivity index (χ3v) is 4.62. The summed E-state index contributed by atoms with van der Waals surface area (Å²) in [5.74, 6) is 0.583. The lowest BCUT2D eigenvalue weighted by Crippen LogP contribution is -2.43. The Labute approximate surface area is 146 Å². The number of carbonyl (C=O) groups is 1. The van der Waals surface area contributed by atoms with E-state index in [4.69, 9.17) is 4.74 Å². The molecule has 1 unspecified atom stereocenters. The number of aromatic nitrogens is 1. The Bertz CT molecular complexity index is 490. The molecule has 4 nitrogen and oxygen atoms in total. The maximum absolute atomic E-state index is 12.2. The Morgan fingerprint density at radius 1 is 1.33 bits per heavy atom. The fourth-order valence-electron chi connectivity index (χ4n) is 3.49. The van der Waals surface area contributed by atoms with Crippen molar-refractivity contribution in [1.82, 2.24) is 10.3 Å². The standard InChI is InChI=1S/C20H32N2O2/c1-20(2,3)24-19(23)22-18(17-11-5-4-6-12-17)13-7-9-16-10-8-14-21-15-16/h8,10,14-15,17-18H,4-7,9,11-13H2,1-3H3,(H,22,23). The first-order valence-electron chi connectivity index (χ1n) is 9.32. The van der Waals surface area contributed by atoms with E-state index >= 15 is 0 Å². The van der Waals surface area contributed by atoms with Crippen molar-refractivity contribution >= 4 is 6.09 Å². The minimum absolute atomic E-state index is 0.219. The van der Waals surface area contributed by atoms with Crippen molar-refractivity contribution in [3.63, 3.8) is 0 Å². The Kier molecular flexibility index (Phi) is 7.07. The van der Waals surface area contributed by atoms with Crippen LogP contribution in [0.4, 0.5) is 4.79 Å². The Hall–Kier alpha value is -1.58. The van der Waals surface area contributed by atoms with Crippen LogP contribution in [0.25, 0.3) is 0 Å². The maximum atomic E-state index is 12.2. The zero-order valence-corrected chi connectivity index (χ0v) is 15.4. The number of amides is 1. The van der Waals surface area contributed by atoms with Gasteiger partial charge in [0.05, 0.1) is 0 Å². The second-order valence-electron chi connectivity index (χ2n) is 7.90. The number of hydrogen-bond donors (Lipinski definition) is 1. The van der Waals surface area contributed by atoms with E-state index in [1.165, 1.54) is 37.7 Å².